The van der Waals surface area contributed by atoms with Gasteiger partial charge in [0.1, 0.15) is 6.54 Å². The summed E-state index contributed by atoms with van der Waals surface area (Å²) in [6.07, 6.45) is 1.04. The van der Waals surface area contributed by atoms with E-state index >= 15 is 0 Å². The minimum absolute atomic E-state index is 0.125. The first-order chi connectivity index (χ1) is 10.0. The van der Waals surface area contributed by atoms with E-state index in [4.69, 9.17) is 4.74 Å². The van der Waals surface area contributed by atoms with E-state index in [1.807, 2.05) is 0 Å². The molecule has 0 saturated carbocycles. The highest BCUT2D eigenvalue weighted by atomic mass is 16.5. The normalized spacial score (nSPS) is 13.1. The largest absolute Gasteiger partial charge is 0.367 e. The molecule has 2 heteroatoms. The fraction of sp³-hybridized carbons (Fsp3) is 0.368. The predicted molar refractivity (Wildman–Crippen MR) is 88.2 cm³/mol. The minimum Gasteiger partial charge on any atom is -0.367 e. The van der Waals surface area contributed by atoms with Gasteiger partial charge in [0.2, 0.25) is 0 Å². The Balaban J connectivity index is 2.04. The molecule has 2 nitrogen and oxygen atoms in total. The summed E-state index contributed by atoms with van der Waals surface area (Å²) in [7, 11) is 6.58. The van der Waals surface area contributed by atoms with Gasteiger partial charge in [-0.15, -0.1) is 0 Å². The van der Waals surface area contributed by atoms with Gasteiger partial charge in [0.25, 0.3) is 0 Å². The highest BCUT2D eigenvalue weighted by molar-refractivity contribution is 5.22. The average Bonchev–Trinajstić information content (AvgIpc) is 2.47. The van der Waals surface area contributed by atoms with Crippen molar-refractivity contribution in [3.63, 3.8) is 0 Å². The number of rotatable bonds is 7. The van der Waals surface area contributed by atoms with Gasteiger partial charge >= 0.3 is 0 Å². The highest BCUT2D eigenvalue weighted by Gasteiger charge is 2.15. The summed E-state index contributed by atoms with van der Waals surface area (Å²) < 4.78 is 7.12. The Morgan fingerprint density at radius 3 is 2.00 bits per heavy atom. The lowest BCUT2D eigenvalue weighted by molar-refractivity contribution is -0.870. The molecule has 0 N–H and O–H groups in total. The van der Waals surface area contributed by atoms with Crippen LogP contribution in [0, 0.1) is 0 Å². The van der Waals surface area contributed by atoms with Crippen LogP contribution in [-0.2, 0) is 11.2 Å². The molecule has 0 aliphatic rings. The summed E-state index contributed by atoms with van der Waals surface area (Å²) in [5, 5.41) is 0. The topological polar surface area (TPSA) is 9.23 Å². The van der Waals surface area contributed by atoms with Gasteiger partial charge < -0.3 is 9.22 Å². The molecular formula is C19H26NO+. The molecular weight excluding hydrogens is 258 g/mol. The molecule has 2 rings (SSSR count). The van der Waals surface area contributed by atoms with E-state index < -0.39 is 0 Å². The second-order valence-corrected chi connectivity index (χ2v) is 6.47. The molecule has 21 heavy (non-hydrogen) atoms. The van der Waals surface area contributed by atoms with Crippen molar-refractivity contribution in [3.05, 3.63) is 71.8 Å². The number of hydrogen-bond donors (Lipinski definition) is 0. The zero-order valence-corrected chi connectivity index (χ0v) is 13.3. The monoisotopic (exact) mass is 284 g/mol. The summed E-state index contributed by atoms with van der Waals surface area (Å²) in [6, 6.07) is 21.1. The van der Waals surface area contributed by atoms with Crippen molar-refractivity contribution in [3.8, 4) is 0 Å². The lowest BCUT2D eigenvalue weighted by atomic mass is 10.0. The van der Waals surface area contributed by atoms with E-state index in [9.17, 15) is 0 Å². The van der Waals surface area contributed by atoms with Crippen LogP contribution in [0.15, 0.2) is 60.7 Å². The standard InChI is InChI=1S/C19H26NO/c1-20(2,3)14-15-21-19(18-12-8-5-9-13-18)16-17-10-6-4-7-11-17/h4-13,19H,14-16H2,1-3H3/q+1/t19-/m0/s1. The van der Waals surface area contributed by atoms with Gasteiger partial charge in [-0.05, 0) is 11.1 Å². The number of hydrogen-bond acceptors (Lipinski definition) is 1. The van der Waals surface area contributed by atoms with Crippen molar-refractivity contribution in [1.29, 1.82) is 0 Å². The van der Waals surface area contributed by atoms with Gasteiger partial charge in [-0.2, -0.15) is 0 Å². The van der Waals surface area contributed by atoms with E-state index in [-0.39, 0.29) is 6.10 Å². The number of quaternary nitrogens is 1. The summed E-state index contributed by atoms with van der Waals surface area (Å²) in [5.41, 5.74) is 2.57. The van der Waals surface area contributed by atoms with Gasteiger partial charge in [0.15, 0.2) is 0 Å². The van der Waals surface area contributed by atoms with E-state index in [2.05, 4.69) is 81.8 Å². The second-order valence-electron chi connectivity index (χ2n) is 6.47. The Morgan fingerprint density at radius 2 is 1.43 bits per heavy atom. The molecule has 0 amide bonds. The van der Waals surface area contributed by atoms with Crippen LogP contribution >= 0.6 is 0 Å². The Morgan fingerprint density at radius 1 is 0.857 bits per heavy atom. The van der Waals surface area contributed by atoms with Crippen molar-refractivity contribution >= 4 is 0 Å². The first-order valence-corrected chi connectivity index (χ1v) is 7.55. The van der Waals surface area contributed by atoms with Crippen LogP contribution in [0.4, 0.5) is 0 Å². The second kappa shape index (κ2) is 7.39. The van der Waals surface area contributed by atoms with E-state index in [1.54, 1.807) is 0 Å². The fourth-order valence-electron chi connectivity index (χ4n) is 2.24. The maximum absolute atomic E-state index is 6.19. The van der Waals surface area contributed by atoms with E-state index in [0.717, 1.165) is 24.1 Å². The molecule has 0 aliphatic carbocycles. The molecule has 0 aromatic heterocycles. The molecule has 0 fully saturated rings. The summed E-state index contributed by atoms with van der Waals surface area (Å²) in [5.74, 6) is 0. The molecule has 0 radical (unpaired) electrons. The van der Waals surface area contributed by atoms with Crippen LogP contribution in [0.2, 0.25) is 0 Å². The van der Waals surface area contributed by atoms with Crippen LogP contribution in [0.5, 0.6) is 0 Å². The van der Waals surface area contributed by atoms with Gasteiger partial charge in [0.05, 0.1) is 33.9 Å². The van der Waals surface area contributed by atoms with Crippen molar-refractivity contribution < 1.29 is 9.22 Å². The maximum Gasteiger partial charge on any atom is 0.102 e. The van der Waals surface area contributed by atoms with Crippen LogP contribution in [-0.4, -0.2) is 38.8 Å². The first kappa shape index (κ1) is 15.7. The quantitative estimate of drug-likeness (QED) is 0.705. The highest BCUT2D eigenvalue weighted by Crippen LogP contribution is 2.22. The Kier molecular flexibility index (Phi) is 5.54. The third kappa shape index (κ3) is 5.70. The van der Waals surface area contributed by atoms with Gasteiger partial charge in [-0.3, -0.25) is 0 Å². The average molecular weight is 284 g/mol. The lowest BCUT2D eigenvalue weighted by Gasteiger charge is -2.25. The zero-order valence-electron chi connectivity index (χ0n) is 13.3. The summed E-state index contributed by atoms with van der Waals surface area (Å²) >= 11 is 0. The molecule has 0 bridgehead atoms. The molecule has 0 heterocycles. The number of nitrogens with zero attached hydrogens (tertiary/aromatic N) is 1. The number of benzene rings is 2. The van der Waals surface area contributed by atoms with Crippen LogP contribution in [0.25, 0.3) is 0 Å². The molecule has 0 spiro atoms. The summed E-state index contributed by atoms with van der Waals surface area (Å²) in [4.78, 5) is 0. The van der Waals surface area contributed by atoms with Gasteiger partial charge in [0, 0.05) is 6.42 Å². The zero-order chi connectivity index (χ0) is 15.1. The third-order valence-electron chi connectivity index (χ3n) is 3.52. The van der Waals surface area contributed by atoms with Crippen LogP contribution < -0.4 is 0 Å². The lowest BCUT2D eigenvalue weighted by Crippen LogP contribution is -2.37. The number of likely N-dealkylation sites (N-methyl/N-ethyl adjacent to an activating group) is 1. The van der Waals surface area contributed by atoms with Gasteiger partial charge in [-0.25, -0.2) is 0 Å². The van der Waals surface area contributed by atoms with Crippen molar-refractivity contribution in [2.45, 2.75) is 12.5 Å². The Bertz CT molecular complexity index is 516. The maximum atomic E-state index is 6.19. The van der Waals surface area contributed by atoms with Crippen molar-refractivity contribution in [1.82, 2.24) is 0 Å². The molecule has 112 valence electrons. The Labute approximate surface area is 128 Å². The minimum atomic E-state index is 0.125. The van der Waals surface area contributed by atoms with Crippen LogP contribution in [0.1, 0.15) is 17.2 Å². The van der Waals surface area contributed by atoms with Gasteiger partial charge in [-0.1, -0.05) is 60.7 Å². The van der Waals surface area contributed by atoms with E-state index in [1.165, 1.54) is 11.1 Å². The van der Waals surface area contributed by atoms with E-state index in [0.29, 0.717) is 0 Å². The fourth-order valence-corrected chi connectivity index (χ4v) is 2.24. The molecule has 0 aliphatic heterocycles. The number of ether oxygens (including phenoxy) is 1. The van der Waals surface area contributed by atoms with Crippen molar-refractivity contribution in [2.24, 2.45) is 0 Å². The predicted octanol–water partition coefficient (Wildman–Crippen LogP) is 3.69. The van der Waals surface area contributed by atoms with Crippen molar-refractivity contribution in [2.75, 3.05) is 34.3 Å². The summed E-state index contributed by atoms with van der Waals surface area (Å²) in [6.45, 7) is 1.79. The van der Waals surface area contributed by atoms with Crippen LogP contribution in [0.3, 0.4) is 0 Å². The molecule has 0 saturated heterocycles. The SMILES string of the molecule is C[N+](C)(C)CCO[C@@H](Cc1ccccc1)c1ccccc1. The molecule has 2 aromatic rings. The smallest absolute Gasteiger partial charge is 0.102 e. The molecule has 0 unspecified atom stereocenters. The Hall–Kier alpha value is -1.64. The molecule has 1 atom stereocenters. The first-order valence-electron chi connectivity index (χ1n) is 7.55. The molecule has 2 aromatic carbocycles. The third-order valence-corrected chi connectivity index (χ3v) is 3.52.